The van der Waals surface area contributed by atoms with Crippen molar-refractivity contribution in [1.82, 2.24) is 0 Å². The number of halogens is 2. The third-order valence-corrected chi connectivity index (χ3v) is 3.11. The molecule has 2 aromatic carbocycles. The monoisotopic (exact) mass is 350 g/mol. The van der Waals surface area contributed by atoms with E-state index in [1.165, 1.54) is 24.3 Å². The topological polar surface area (TPSA) is 120 Å². The summed E-state index contributed by atoms with van der Waals surface area (Å²) in [7, 11) is -3.49. The van der Waals surface area contributed by atoms with Gasteiger partial charge in [0.2, 0.25) is 10.0 Å². The second-order valence-corrected chi connectivity index (χ2v) is 6.28. The highest BCUT2D eigenvalue weighted by Gasteiger charge is 2.07. The van der Waals surface area contributed by atoms with Crippen molar-refractivity contribution in [3.8, 4) is 12.1 Å². The zero-order valence-corrected chi connectivity index (χ0v) is 13.2. The Bertz CT molecular complexity index is 931. The number of benzene rings is 2. The van der Waals surface area contributed by atoms with Crippen molar-refractivity contribution in [2.45, 2.75) is 0 Å². The lowest BCUT2D eigenvalue weighted by atomic mass is 10.2. The zero-order valence-electron chi connectivity index (χ0n) is 12.4. The number of nitriles is 2. The number of rotatable bonds is 2. The van der Waals surface area contributed by atoms with Gasteiger partial charge in [0.1, 0.15) is 11.6 Å². The number of hydrogen-bond acceptors (Lipinski definition) is 5. The minimum atomic E-state index is -3.49. The van der Waals surface area contributed by atoms with Crippen LogP contribution >= 0.6 is 0 Å². The van der Waals surface area contributed by atoms with E-state index >= 15 is 0 Å². The molecule has 0 radical (unpaired) electrons. The van der Waals surface area contributed by atoms with E-state index < -0.39 is 21.7 Å². The van der Waals surface area contributed by atoms with E-state index in [9.17, 15) is 17.2 Å². The van der Waals surface area contributed by atoms with E-state index in [0.29, 0.717) is 0 Å². The molecule has 0 saturated carbocycles. The average molecular weight is 350 g/mol. The lowest BCUT2D eigenvalue weighted by molar-refractivity contribution is 0.603. The van der Waals surface area contributed by atoms with Crippen LogP contribution < -0.4 is 10.5 Å². The van der Waals surface area contributed by atoms with Crippen LogP contribution in [0.3, 0.4) is 0 Å². The maximum atomic E-state index is 13.1. The summed E-state index contributed by atoms with van der Waals surface area (Å²) in [6, 6.07) is 11.0. The Morgan fingerprint density at radius 1 is 1.00 bits per heavy atom. The second-order valence-electron chi connectivity index (χ2n) is 4.53. The van der Waals surface area contributed by atoms with Crippen LogP contribution in [0, 0.1) is 34.3 Å². The van der Waals surface area contributed by atoms with Crippen LogP contribution in [0.2, 0.25) is 0 Å². The smallest absolute Gasteiger partial charge is 0.229 e. The lowest BCUT2D eigenvalue weighted by Crippen LogP contribution is -2.10. The molecule has 0 fully saturated rings. The number of nitrogens with one attached hydrogen (secondary N) is 1. The quantitative estimate of drug-likeness (QED) is 0.806. The van der Waals surface area contributed by atoms with Crippen LogP contribution in [0.25, 0.3) is 0 Å². The van der Waals surface area contributed by atoms with Gasteiger partial charge in [-0.05, 0) is 36.4 Å². The molecule has 0 unspecified atom stereocenters. The molecule has 2 rings (SSSR count). The number of nitrogens with two attached hydrogens (primary N) is 1. The molecular formula is C15H12F2N4O2S. The Hall–Kier alpha value is -3.17. The van der Waals surface area contributed by atoms with E-state index in [-0.39, 0.29) is 22.5 Å². The normalized spacial score (nSPS) is 9.88. The Morgan fingerprint density at radius 2 is 1.50 bits per heavy atom. The molecule has 3 N–H and O–H groups in total. The van der Waals surface area contributed by atoms with Gasteiger partial charge in [-0.25, -0.2) is 17.2 Å². The average Bonchev–Trinajstić information content (AvgIpc) is 2.51. The molecule has 0 aromatic heterocycles. The third kappa shape index (κ3) is 5.91. The lowest BCUT2D eigenvalue weighted by Gasteiger charge is -2.04. The van der Waals surface area contributed by atoms with Gasteiger partial charge in [0.15, 0.2) is 0 Å². The van der Waals surface area contributed by atoms with Crippen molar-refractivity contribution in [3.63, 3.8) is 0 Å². The summed E-state index contributed by atoms with van der Waals surface area (Å²) in [5.74, 6) is -1.31. The van der Waals surface area contributed by atoms with Gasteiger partial charge in [-0.2, -0.15) is 10.5 Å². The fourth-order valence-corrected chi connectivity index (χ4v) is 2.03. The van der Waals surface area contributed by atoms with Crippen LogP contribution in [0.5, 0.6) is 0 Å². The summed E-state index contributed by atoms with van der Waals surface area (Å²) >= 11 is 0. The van der Waals surface area contributed by atoms with Gasteiger partial charge in [-0.1, -0.05) is 0 Å². The Kier molecular flexibility index (Phi) is 6.22. The first-order valence-electron chi connectivity index (χ1n) is 6.29. The summed E-state index contributed by atoms with van der Waals surface area (Å²) in [5.41, 5.74) is 5.49. The zero-order chi connectivity index (χ0) is 18.3. The number of sulfonamides is 1. The molecule has 0 aliphatic carbocycles. The minimum absolute atomic E-state index is 0.0685. The third-order valence-electron chi connectivity index (χ3n) is 2.52. The molecule has 0 atom stereocenters. The van der Waals surface area contributed by atoms with E-state index in [1.54, 1.807) is 12.1 Å². The van der Waals surface area contributed by atoms with Crippen molar-refractivity contribution >= 4 is 21.4 Å². The van der Waals surface area contributed by atoms with Gasteiger partial charge in [0, 0.05) is 0 Å². The predicted molar refractivity (Wildman–Crippen MR) is 85.1 cm³/mol. The van der Waals surface area contributed by atoms with Crippen molar-refractivity contribution in [2.75, 3.05) is 16.7 Å². The Labute approximate surface area is 137 Å². The first kappa shape index (κ1) is 18.9. The highest BCUT2D eigenvalue weighted by molar-refractivity contribution is 7.92. The molecular weight excluding hydrogens is 338 g/mol. The van der Waals surface area contributed by atoms with Crippen LogP contribution in [0.1, 0.15) is 11.1 Å². The molecule has 0 bridgehead atoms. The standard InChI is InChI=1S/C8H7FN2O2S.C7H5FN2/c1-14(12,13)11-8-3-2-6(5-10)4-7(8)9;8-6-3-5(4-9)1-2-7(6)10/h2-4,11H,1H3;1-3H,10H2. The maximum absolute atomic E-state index is 13.1. The minimum Gasteiger partial charge on any atom is -0.396 e. The van der Waals surface area contributed by atoms with Crippen molar-refractivity contribution in [3.05, 3.63) is 59.2 Å². The first-order chi connectivity index (χ1) is 11.2. The van der Waals surface area contributed by atoms with Crippen molar-refractivity contribution in [1.29, 1.82) is 10.5 Å². The van der Waals surface area contributed by atoms with Gasteiger partial charge in [0.25, 0.3) is 0 Å². The van der Waals surface area contributed by atoms with Crippen molar-refractivity contribution in [2.24, 2.45) is 0 Å². The molecule has 6 nitrogen and oxygen atoms in total. The Morgan fingerprint density at radius 3 is 1.92 bits per heavy atom. The molecule has 24 heavy (non-hydrogen) atoms. The summed E-state index contributed by atoms with van der Waals surface area (Å²) < 4.78 is 49.1. The highest BCUT2D eigenvalue weighted by atomic mass is 32.2. The number of nitrogen functional groups attached to an aromatic ring is 1. The number of nitrogens with zero attached hydrogens (tertiary/aromatic N) is 2. The predicted octanol–water partition coefficient (Wildman–Crippen LogP) is 2.35. The van der Waals surface area contributed by atoms with Gasteiger partial charge in [-0.3, -0.25) is 4.72 Å². The van der Waals surface area contributed by atoms with E-state index in [1.807, 2.05) is 4.72 Å². The molecule has 0 aliphatic rings. The van der Waals surface area contributed by atoms with Crippen LogP contribution in [-0.4, -0.2) is 14.7 Å². The number of hydrogen-bond donors (Lipinski definition) is 2. The largest absolute Gasteiger partial charge is 0.396 e. The molecule has 0 spiro atoms. The van der Waals surface area contributed by atoms with E-state index in [0.717, 1.165) is 18.4 Å². The van der Waals surface area contributed by atoms with Crippen molar-refractivity contribution < 1.29 is 17.2 Å². The molecule has 124 valence electrons. The summed E-state index contributed by atoms with van der Waals surface area (Å²) in [5, 5.41) is 16.7. The summed E-state index contributed by atoms with van der Waals surface area (Å²) in [4.78, 5) is 0. The molecule has 0 aliphatic heterocycles. The van der Waals surface area contributed by atoms with Gasteiger partial charge < -0.3 is 5.73 Å². The first-order valence-corrected chi connectivity index (χ1v) is 8.18. The maximum Gasteiger partial charge on any atom is 0.229 e. The second kappa shape index (κ2) is 7.90. The van der Waals surface area contributed by atoms with Crippen LogP contribution in [0.15, 0.2) is 36.4 Å². The van der Waals surface area contributed by atoms with Crippen LogP contribution in [0.4, 0.5) is 20.2 Å². The van der Waals surface area contributed by atoms with E-state index in [2.05, 4.69) is 0 Å². The molecule has 0 saturated heterocycles. The summed E-state index contributed by atoms with van der Waals surface area (Å²) in [6.07, 6.45) is 0.921. The highest BCUT2D eigenvalue weighted by Crippen LogP contribution is 2.16. The number of anilines is 2. The Balaban J connectivity index is 0.000000254. The van der Waals surface area contributed by atoms with Gasteiger partial charge >= 0.3 is 0 Å². The van der Waals surface area contributed by atoms with Gasteiger partial charge in [-0.15, -0.1) is 0 Å². The molecule has 9 heteroatoms. The summed E-state index contributed by atoms with van der Waals surface area (Å²) in [6.45, 7) is 0. The fourth-order valence-electron chi connectivity index (χ4n) is 1.46. The molecule has 2 aromatic rings. The SMILES string of the molecule is CS(=O)(=O)Nc1ccc(C#N)cc1F.N#Cc1ccc(N)c(F)c1. The van der Waals surface area contributed by atoms with Gasteiger partial charge in [0.05, 0.1) is 40.9 Å². The molecule has 0 amide bonds. The van der Waals surface area contributed by atoms with E-state index in [4.69, 9.17) is 16.3 Å². The van der Waals surface area contributed by atoms with Crippen LogP contribution in [-0.2, 0) is 10.0 Å². The molecule has 0 heterocycles. The fraction of sp³-hybridized carbons (Fsp3) is 0.0667.